The third kappa shape index (κ3) is 5.65. The summed E-state index contributed by atoms with van der Waals surface area (Å²) >= 11 is 0. The molecule has 1 amide bonds. The van der Waals surface area contributed by atoms with E-state index in [1.807, 2.05) is 47.1 Å². The number of imidazole rings is 1. The fourth-order valence-electron chi connectivity index (χ4n) is 3.60. The van der Waals surface area contributed by atoms with Gasteiger partial charge in [0, 0.05) is 30.0 Å². The van der Waals surface area contributed by atoms with E-state index in [9.17, 15) is 4.79 Å². The molecule has 0 radical (unpaired) electrons. The first kappa shape index (κ1) is 24.0. The van der Waals surface area contributed by atoms with Gasteiger partial charge in [-0.05, 0) is 63.1 Å². The summed E-state index contributed by atoms with van der Waals surface area (Å²) in [6.07, 6.45) is 6.09. The van der Waals surface area contributed by atoms with Crippen LogP contribution in [-0.2, 0) is 6.61 Å². The third-order valence-electron chi connectivity index (χ3n) is 5.21. The number of halogens is 2. The van der Waals surface area contributed by atoms with Crippen molar-refractivity contribution >= 4 is 36.4 Å². The topological polar surface area (TPSA) is 67.7 Å². The van der Waals surface area contributed by atoms with Crippen LogP contribution in [-0.4, -0.2) is 33.9 Å². The lowest BCUT2D eigenvalue weighted by atomic mass is 9.99. The number of hydrogen-bond acceptors (Lipinski definition) is 4. The van der Waals surface area contributed by atoms with Crippen LogP contribution >= 0.6 is 24.8 Å². The van der Waals surface area contributed by atoms with E-state index >= 15 is 0 Å². The number of carbonyl (C=O) groups is 1. The molecule has 0 aliphatic carbocycles. The molecule has 30 heavy (non-hydrogen) atoms. The monoisotopic (exact) mass is 450 g/mol. The second-order valence-electron chi connectivity index (χ2n) is 7.49. The molecule has 0 bridgehead atoms. The number of piperidine rings is 1. The standard InChI is InChI=1S/C22H26N4O2.2ClH/c1-15-8-9-21-24-18(13-26(21)12-15)14-28-19-6-3-5-17(11-19)22(27)25-20-7-4-10-23-16(20)2;;/h3,5-6,8-9,11-13,16,20,23H,4,7,10,14H2,1-2H3,(H,25,27);2*1H. The lowest BCUT2D eigenvalue weighted by Crippen LogP contribution is -2.51. The molecule has 1 aromatic carbocycles. The Bertz CT molecular complexity index is 992. The molecule has 3 aromatic rings. The number of fused-ring (bicyclic) bond motifs is 1. The number of benzene rings is 1. The van der Waals surface area contributed by atoms with Gasteiger partial charge in [-0.15, -0.1) is 24.8 Å². The molecule has 1 saturated heterocycles. The molecule has 2 unspecified atom stereocenters. The van der Waals surface area contributed by atoms with Gasteiger partial charge in [0.2, 0.25) is 0 Å². The summed E-state index contributed by atoms with van der Waals surface area (Å²) in [5.41, 5.74) is 3.54. The third-order valence-corrected chi connectivity index (χ3v) is 5.21. The van der Waals surface area contributed by atoms with Crippen molar-refractivity contribution in [3.05, 3.63) is 65.6 Å². The Morgan fingerprint density at radius 3 is 2.90 bits per heavy atom. The molecule has 2 atom stereocenters. The Hall–Kier alpha value is -2.28. The second kappa shape index (κ2) is 10.7. The normalized spacial score (nSPS) is 18.2. The molecule has 162 valence electrons. The van der Waals surface area contributed by atoms with Gasteiger partial charge in [-0.2, -0.15) is 0 Å². The van der Waals surface area contributed by atoms with Crippen LogP contribution in [0.2, 0.25) is 0 Å². The molecule has 1 aliphatic heterocycles. The Morgan fingerprint density at radius 2 is 2.10 bits per heavy atom. The van der Waals surface area contributed by atoms with Gasteiger partial charge >= 0.3 is 0 Å². The summed E-state index contributed by atoms with van der Waals surface area (Å²) in [4.78, 5) is 17.2. The second-order valence-corrected chi connectivity index (χ2v) is 7.49. The number of nitrogens with zero attached hydrogens (tertiary/aromatic N) is 2. The van der Waals surface area contributed by atoms with Crippen LogP contribution in [0, 0.1) is 6.92 Å². The van der Waals surface area contributed by atoms with E-state index in [1.165, 1.54) is 5.56 Å². The van der Waals surface area contributed by atoms with E-state index in [-0.39, 0.29) is 42.8 Å². The Morgan fingerprint density at radius 1 is 1.27 bits per heavy atom. The summed E-state index contributed by atoms with van der Waals surface area (Å²) in [6.45, 7) is 5.53. The van der Waals surface area contributed by atoms with Crippen molar-refractivity contribution in [3.63, 3.8) is 0 Å². The number of ether oxygens (including phenoxy) is 1. The minimum atomic E-state index is -0.0609. The number of nitrogens with one attached hydrogen (secondary N) is 2. The van der Waals surface area contributed by atoms with E-state index in [2.05, 4.69) is 29.5 Å². The first-order valence-corrected chi connectivity index (χ1v) is 9.80. The minimum Gasteiger partial charge on any atom is -0.487 e. The molecular formula is C22H28Cl2N4O2. The summed E-state index contributed by atoms with van der Waals surface area (Å²) in [5, 5.41) is 6.54. The molecule has 4 rings (SSSR count). The lowest BCUT2D eigenvalue weighted by molar-refractivity contribution is 0.0919. The van der Waals surface area contributed by atoms with Crippen molar-refractivity contribution in [2.24, 2.45) is 0 Å². The van der Waals surface area contributed by atoms with Gasteiger partial charge in [0.25, 0.3) is 5.91 Å². The maximum atomic E-state index is 12.6. The van der Waals surface area contributed by atoms with Crippen molar-refractivity contribution in [2.75, 3.05) is 6.54 Å². The van der Waals surface area contributed by atoms with Crippen LogP contribution in [0.25, 0.3) is 5.65 Å². The molecule has 2 N–H and O–H groups in total. The van der Waals surface area contributed by atoms with Gasteiger partial charge in [-0.1, -0.05) is 12.1 Å². The summed E-state index contributed by atoms with van der Waals surface area (Å²) < 4.78 is 7.88. The molecule has 0 saturated carbocycles. The zero-order valence-corrected chi connectivity index (χ0v) is 18.8. The van der Waals surface area contributed by atoms with Crippen LogP contribution < -0.4 is 15.4 Å². The zero-order valence-electron chi connectivity index (χ0n) is 17.1. The van der Waals surface area contributed by atoms with E-state index < -0.39 is 0 Å². The smallest absolute Gasteiger partial charge is 0.251 e. The van der Waals surface area contributed by atoms with E-state index in [4.69, 9.17) is 4.74 Å². The van der Waals surface area contributed by atoms with Crippen molar-refractivity contribution < 1.29 is 9.53 Å². The first-order valence-electron chi connectivity index (χ1n) is 9.80. The van der Waals surface area contributed by atoms with Gasteiger partial charge in [0.15, 0.2) is 0 Å². The lowest BCUT2D eigenvalue weighted by Gasteiger charge is -2.30. The molecule has 6 nitrogen and oxygen atoms in total. The largest absolute Gasteiger partial charge is 0.487 e. The number of rotatable bonds is 5. The minimum absolute atomic E-state index is 0. The Labute approximate surface area is 189 Å². The number of aromatic nitrogens is 2. The number of carbonyl (C=O) groups excluding carboxylic acids is 1. The number of amides is 1. The molecule has 0 spiro atoms. The summed E-state index contributed by atoms with van der Waals surface area (Å²) in [7, 11) is 0. The predicted molar refractivity (Wildman–Crippen MR) is 123 cm³/mol. The molecular weight excluding hydrogens is 423 g/mol. The average molecular weight is 451 g/mol. The van der Waals surface area contributed by atoms with E-state index in [1.54, 1.807) is 6.07 Å². The number of pyridine rings is 1. The highest BCUT2D eigenvalue weighted by atomic mass is 35.5. The molecule has 2 aromatic heterocycles. The highest BCUT2D eigenvalue weighted by Crippen LogP contribution is 2.17. The van der Waals surface area contributed by atoms with Gasteiger partial charge in [-0.3, -0.25) is 4.79 Å². The Kier molecular flexibility index (Phi) is 8.53. The van der Waals surface area contributed by atoms with Crippen molar-refractivity contribution in [2.45, 2.75) is 45.4 Å². The Balaban J connectivity index is 0.00000160. The van der Waals surface area contributed by atoms with Crippen LogP contribution in [0.3, 0.4) is 0 Å². The molecule has 8 heteroatoms. The van der Waals surface area contributed by atoms with Gasteiger partial charge < -0.3 is 19.8 Å². The first-order chi connectivity index (χ1) is 13.6. The van der Waals surface area contributed by atoms with E-state index in [0.717, 1.165) is 30.7 Å². The fourth-order valence-corrected chi connectivity index (χ4v) is 3.60. The van der Waals surface area contributed by atoms with Crippen LogP contribution in [0.15, 0.2) is 48.8 Å². The number of hydrogen-bond donors (Lipinski definition) is 2. The highest BCUT2D eigenvalue weighted by molar-refractivity contribution is 5.94. The summed E-state index contributed by atoms with van der Waals surface area (Å²) in [5.74, 6) is 0.602. The van der Waals surface area contributed by atoms with E-state index in [0.29, 0.717) is 17.9 Å². The van der Waals surface area contributed by atoms with Crippen molar-refractivity contribution in [1.29, 1.82) is 0 Å². The molecule has 3 heterocycles. The quantitative estimate of drug-likeness (QED) is 0.617. The summed E-state index contributed by atoms with van der Waals surface area (Å²) in [6, 6.07) is 11.8. The maximum absolute atomic E-state index is 12.6. The van der Waals surface area contributed by atoms with Crippen LogP contribution in [0.5, 0.6) is 5.75 Å². The zero-order chi connectivity index (χ0) is 19.5. The predicted octanol–water partition coefficient (Wildman–Crippen LogP) is 3.94. The average Bonchev–Trinajstić information content (AvgIpc) is 3.10. The highest BCUT2D eigenvalue weighted by Gasteiger charge is 2.22. The number of aryl methyl sites for hydroxylation is 1. The maximum Gasteiger partial charge on any atom is 0.251 e. The van der Waals surface area contributed by atoms with Crippen LogP contribution in [0.4, 0.5) is 0 Å². The van der Waals surface area contributed by atoms with Crippen LogP contribution in [0.1, 0.15) is 41.4 Å². The van der Waals surface area contributed by atoms with Gasteiger partial charge in [0.1, 0.15) is 18.0 Å². The molecule has 1 fully saturated rings. The fraction of sp³-hybridized carbons (Fsp3) is 0.364. The SMILES string of the molecule is Cc1ccc2nc(COc3cccc(C(=O)NC4CCCNC4C)c3)cn2c1.Cl.Cl. The van der Waals surface area contributed by atoms with Gasteiger partial charge in [0.05, 0.1) is 5.69 Å². The van der Waals surface area contributed by atoms with Crippen molar-refractivity contribution in [1.82, 2.24) is 20.0 Å². The molecule has 1 aliphatic rings. The van der Waals surface area contributed by atoms with Gasteiger partial charge in [-0.25, -0.2) is 4.98 Å². The van der Waals surface area contributed by atoms with Crippen molar-refractivity contribution in [3.8, 4) is 5.75 Å².